The van der Waals surface area contributed by atoms with Gasteiger partial charge in [-0.1, -0.05) is 0 Å². The van der Waals surface area contributed by atoms with Crippen molar-refractivity contribution in [1.29, 1.82) is 0 Å². The number of likely N-dealkylation sites (N-methyl/N-ethyl adjacent to an activating group) is 1. The molecule has 0 bridgehead atoms. The summed E-state index contributed by atoms with van der Waals surface area (Å²) >= 11 is 0. The molecule has 2 heterocycles. The SMILES string of the molecule is CNC[C@H](O)[C@@H]1OC[C@H](O)[C@H]1OC1O[C@H](CO)[C@H](O)[C@H](O)[C@H]1O. The van der Waals surface area contributed by atoms with Crippen LogP contribution in [0.2, 0.25) is 0 Å². The zero-order chi connectivity index (χ0) is 17.1. The molecule has 9 atom stereocenters. The van der Waals surface area contributed by atoms with E-state index >= 15 is 0 Å². The van der Waals surface area contributed by atoms with Crippen molar-refractivity contribution in [3.05, 3.63) is 0 Å². The van der Waals surface area contributed by atoms with E-state index in [1.165, 1.54) is 0 Å². The molecule has 1 unspecified atom stereocenters. The molecule has 0 aromatic rings. The van der Waals surface area contributed by atoms with Gasteiger partial charge in [-0.15, -0.1) is 0 Å². The van der Waals surface area contributed by atoms with Crippen molar-refractivity contribution in [2.45, 2.75) is 55.1 Å². The number of aliphatic hydroxyl groups excluding tert-OH is 6. The predicted octanol–water partition coefficient (Wildman–Crippen LogP) is -4.49. The summed E-state index contributed by atoms with van der Waals surface area (Å²) in [6, 6.07) is 0. The smallest absolute Gasteiger partial charge is 0.187 e. The second-order valence-corrected chi connectivity index (χ2v) is 5.79. The molecule has 2 rings (SSSR count). The normalized spacial score (nSPS) is 46.0. The van der Waals surface area contributed by atoms with Gasteiger partial charge in [-0.05, 0) is 7.05 Å². The molecule has 0 aromatic carbocycles. The zero-order valence-corrected chi connectivity index (χ0v) is 12.7. The van der Waals surface area contributed by atoms with Crippen molar-refractivity contribution < 1.29 is 44.8 Å². The number of hydrogen-bond acceptors (Lipinski definition) is 10. The summed E-state index contributed by atoms with van der Waals surface area (Å²) in [4.78, 5) is 0. The molecular formula is C13H25NO9. The Balaban J connectivity index is 2.05. The van der Waals surface area contributed by atoms with E-state index < -0.39 is 61.7 Å². The molecule has 0 radical (unpaired) electrons. The van der Waals surface area contributed by atoms with Gasteiger partial charge in [0.2, 0.25) is 0 Å². The third-order valence-corrected chi connectivity index (χ3v) is 4.09. The fraction of sp³-hybridized carbons (Fsp3) is 1.00. The first-order valence-corrected chi connectivity index (χ1v) is 7.49. The fourth-order valence-electron chi connectivity index (χ4n) is 2.78. The molecule has 0 aromatic heterocycles. The lowest BCUT2D eigenvalue weighted by atomic mass is 9.99. The first-order valence-electron chi connectivity index (χ1n) is 7.49. The van der Waals surface area contributed by atoms with E-state index in [9.17, 15) is 25.5 Å². The van der Waals surface area contributed by atoms with E-state index in [2.05, 4.69) is 5.32 Å². The number of nitrogens with one attached hydrogen (secondary N) is 1. The second kappa shape index (κ2) is 8.12. The topological polar surface area (TPSA) is 161 Å². The van der Waals surface area contributed by atoms with Crippen LogP contribution in [0.5, 0.6) is 0 Å². The van der Waals surface area contributed by atoms with Crippen molar-refractivity contribution in [3.8, 4) is 0 Å². The molecule has 0 spiro atoms. The Hall–Kier alpha value is -0.400. The van der Waals surface area contributed by atoms with E-state index in [1.54, 1.807) is 7.05 Å². The quantitative estimate of drug-likeness (QED) is 0.251. The van der Waals surface area contributed by atoms with E-state index in [4.69, 9.17) is 19.3 Å². The van der Waals surface area contributed by atoms with Gasteiger partial charge < -0.3 is 50.2 Å². The van der Waals surface area contributed by atoms with Crippen LogP contribution < -0.4 is 5.32 Å². The van der Waals surface area contributed by atoms with Crippen molar-refractivity contribution in [3.63, 3.8) is 0 Å². The number of aliphatic hydroxyl groups is 6. The van der Waals surface area contributed by atoms with Crippen molar-refractivity contribution in [1.82, 2.24) is 5.32 Å². The van der Waals surface area contributed by atoms with Crippen LogP contribution in [0.3, 0.4) is 0 Å². The molecule has 2 aliphatic rings. The molecular weight excluding hydrogens is 314 g/mol. The molecule has 136 valence electrons. The van der Waals surface area contributed by atoms with Gasteiger partial charge in [0.05, 0.1) is 19.3 Å². The Morgan fingerprint density at radius 2 is 1.87 bits per heavy atom. The van der Waals surface area contributed by atoms with Crippen LogP contribution in [0.25, 0.3) is 0 Å². The maximum absolute atomic E-state index is 10.0. The van der Waals surface area contributed by atoms with Crippen LogP contribution in [-0.4, -0.2) is 113 Å². The molecule has 0 amide bonds. The second-order valence-electron chi connectivity index (χ2n) is 5.79. The molecule has 10 nitrogen and oxygen atoms in total. The highest BCUT2D eigenvalue weighted by Gasteiger charge is 2.48. The Labute approximate surface area is 133 Å². The number of rotatable bonds is 6. The van der Waals surface area contributed by atoms with Crippen LogP contribution in [0.1, 0.15) is 0 Å². The highest BCUT2D eigenvalue weighted by atomic mass is 16.7. The van der Waals surface area contributed by atoms with Gasteiger partial charge >= 0.3 is 0 Å². The van der Waals surface area contributed by atoms with Gasteiger partial charge in [0.15, 0.2) is 6.29 Å². The van der Waals surface area contributed by atoms with Gasteiger partial charge in [-0.2, -0.15) is 0 Å². The van der Waals surface area contributed by atoms with Crippen LogP contribution in [0.15, 0.2) is 0 Å². The minimum absolute atomic E-state index is 0.0620. The van der Waals surface area contributed by atoms with E-state index in [-0.39, 0.29) is 13.2 Å². The molecule has 10 heteroatoms. The lowest BCUT2D eigenvalue weighted by Crippen LogP contribution is -2.60. The van der Waals surface area contributed by atoms with Crippen LogP contribution in [-0.2, 0) is 14.2 Å². The Morgan fingerprint density at radius 3 is 2.48 bits per heavy atom. The summed E-state index contributed by atoms with van der Waals surface area (Å²) in [5.74, 6) is 0. The predicted molar refractivity (Wildman–Crippen MR) is 74.3 cm³/mol. The summed E-state index contributed by atoms with van der Waals surface area (Å²) in [5.41, 5.74) is 0. The molecule has 7 N–H and O–H groups in total. The fourth-order valence-corrected chi connectivity index (χ4v) is 2.78. The van der Waals surface area contributed by atoms with E-state index in [0.717, 1.165) is 0 Å². The molecule has 2 aliphatic heterocycles. The third kappa shape index (κ3) is 3.99. The zero-order valence-electron chi connectivity index (χ0n) is 12.7. The monoisotopic (exact) mass is 339 g/mol. The Kier molecular flexibility index (Phi) is 6.68. The average molecular weight is 339 g/mol. The average Bonchev–Trinajstić information content (AvgIpc) is 2.89. The summed E-state index contributed by atoms with van der Waals surface area (Å²) in [6.07, 6.45) is -11.0. The molecule has 2 fully saturated rings. The lowest BCUT2D eigenvalue weighted by molar-refractivity contribution is -0.319. The maximum Gasteiger partial charge on any atom is 0.187 e. The van der Waals surface area contributed by atoms with Gasteiger partial charge in [0.25, 0.3) is 0 Å². The number of ether oxygens (including phenoxy) is 3. The first-order chi connectivity index (χ1) is 10.9. The minimum Gasteiger partial charge on any atom is -0.394 e. The molecule has 2 saturated heterocycles. The van der Waals surface area contributed by atoms with Gasteiger partial charge in [0, 0.05) is 6.54 Å². The van der Waals surface area contributed by atoms with Crippen molar-refractivity contribution >= 4 is 0 Å². The standard InChI is InChI=1S/C13H25NO9/c1-14-2-5(16)11-12(6(17)4-21-11)23-13-10(20)9(19)8(18)7(3-15)22-13/h5-20H,2-4H2,1H3/t5-,6-,7+,8-,9-,10+,11-,12+,13?/m0/s1. The van der Waals surface area contributed by atoms with Gasteiger partial charge in [-0.3, -0.25) is 0 Å². The largest absolute Gasteiger partial charge is 0.394 e. The molecule has 23 heavy (non-hydrogen) atoms. The summed E-state index contributed by atoms with van der Waals surface area (Å²) in [5, 5.41) is 61.3. The lowest BCUT2D eigenvalue weighted by Gasteiger charge is -2.41. The van der Waals surface area contributed by atoms with Crippen LogP contribution >= 0.6 is 0 Å². The third-order valence-electron chi connectivity index (χ3n) is 4.09. The molecule has 0 saturated carbocycles. The highest BCUT2D eigenvalue weighted by Crippen LogP contribution is 2.28. The summed E-state index contributed by atoms with van der Waals surface area (Å²) < 4.78 is 16.0. The Bertz CT molecular complexity index is 371. The molecule has 0 aliphatic carbocycles. The summed E-state index contributed by atoms with van der Waals surface area (Å²) in [6.45, 7) is -0.445. The van der Waals surface area contributed by atoms with Crippen molar-refractivity contribution in [2.24, 2.45) is 0 Å². The summed E-state index contributed by atoms with van der Waals surface area (Å²) in [7, 11) is 1.64. The minimum atomic E-state index is -1.58. The van der Waals surface area contributed by atoms with Crippen LogP contribution in [0.4, 0.5) is 0 Å². The maximum atomic E-state index is 10.0. The first kappa shape index (κ1) is 18.9. The number of hydrogen-bond donors (Lipinski definition) is 7. The highest BCUT2D eigenvalue weighted by molar-refractivity contribution is 4.93. The van der Waals surface area contributed by atoms with Gasteiger partial charge in [-0.25, -0.2) is 0 Å². The van der Waals surface area contributed by atoms with Crippen molar-refractivity contribution in [2.75, 3.05) is 26.8 Å². The van der Waals surface area contributed by atoms with Gasteiger partial charge in [0.1, 0.15) is 42.7 Å². The van der Waals surface area contributed by atoms with Crippen LogP contribution in [0, 0.1) is 0 Å². The Morgan fingerprint density at radius 1 is 1.17 bits per heavy atom. The van der Waals surface area contributed by atoms with E-state index in [0.29, 0.717) is 0 Å². The van der Waals surface area contributed by atoms with E-state index in [1.807, 2.05) is 0 Å².